The first kappa shape index (κ1) is 17.5. The van der Waals surface area contributed by atoms with E-state index in [1.54, 1.807) is 6.20 Å². The van der Waals surface area contributed by atoms with E-state index in [-0.39, 0.29) is 17.4 Å². The molecule has 5 heteroatoms. The van der Waals surface area contributed by atoms with E-state index in [9.17, 15) is 4.79 Å². The van der Waals surface area contributed by atoms with Gasteiger partial charge in [0.05, 0.1) is 12.7 Å². The summed E-state index contributed by atoms with van der Waals surface area (Å²) in [5.41, 5.74) is 1.26. The van der Waals surface area contributed by atoms with E-state index in [0.29, 0.717) is 12.5 Å². The first-order valence-corrected chi connectivity index (χ1v) is 9.88. The number of rotatable bonds is 4. The van der Waals surface area contributed by atoms with E-state index in [0.717, 1.165) is 63.8 Å². The molecule has 1 amide bonds. The second kappa shape index (κ2) is 7.78. The summed E-state index contributed by atoms with van der Waals surface area (Å²) in [6, 6.07) is 5.68. The Morgan fingerprint density at radius 3 is 2.92 bits per heavy atom. The van der Waals surface area contributed by atoms with Crippen molar-refractivity contribution in [3.05, 3.63) is 36.0 Å². The van der Waals surface area contributed by atoms with Crippen molar-refractivity contribution in [2.24, 2.45) is 5.41 Å². The molecule has 140 valence electrons. The first-order chi connectivity index (χ1) is 12.7. The normalized spacial score (nSPS) is 25.2. The van der Waals surface area contributed by atoms with Crippen molar-refractivity contribution >= 4 is 5.91 Å². The Kier molecular flexibility index (Phi) is 5.25. The van der Waals surface area contributed by atoms with Crippen LogP contribution in [0.2, 0.25) is 0 Å². The minimum atomic E-state index is 0.125. The Balaban J connectivity index is 1.26. The van der Waals surface area contributed by atoms with Gasteiger partial charge >= 0.3 is 0 Å². The van der Waals surface area contributed by atoms with Crippen LogP contribution >= 0.6 is 0 Å². The molecule has 4 rings (SSSR count). The van der Waals surface area contributed by atoms with Crippen LogP contribution in [0, 0.1) is 5.41 Å². The Labute approximate surface area is 155 Å². The van der Waals surface area contributed by atoms with Gasteiger partial charge in [-0.25, -0.2) is 4.98 Å². The molecule has 2 saturated heterocycles. The van der Waals surface area contributed by atoms with Gasteiger partial charge in [0, 0.05) is 30.9 Å². The number of nitrogens with zero attached hydrogens (tertiary/aromatic N) is 2. The van der Waals surface area contributed by atoms with E-state index in [2.05, 4.69) is 16.0 Å². The van der Waals surface area contributed by atoms with Crippen LogP contribution in [-0.2, 0) is 9.53 Å². The standard InChI is InChI=1S/C21H28N2O3/c24-20(17-6-2-1-3-7-17)23-12-9-21(10-13-23)14-18(26-16-21)15-25-19-8-4-5-11-22-19/h4-6,8,11,18H,1-3,7,9-10,12-16H2/t18-/m1/s1. The molecule has 0 radical (unpaired) electrons. The van der Waals surface area contributed by atoms with Crippen LogP contribution in [0.15, 0.2) is 36.0 Å². The quantitative estimate of drug-likeness (QED) is 0.830. The molecule has 0 aromatic carbocycles. The summed E-state index contributed by atoms with van der Waals surface area (Å²) >= 11 is 0. The third-order valence-electron chi connectivity index (χ3n) is 6.02. The van der Waals surface area contributed by atoms with Gasteiger partial charge in [-0.3, -0.25) is 4.79 Å². The van der Waals surface area contributed by atoms with Crippen LogP contribution < -0.4 is 4.74 Å². The molecule has 0 saturated carbocycles. The number of ether oxygens (including phenoxy) is 2. The number of carbonyl (C=O) groups is 1. The maximum atomic E-state index is 12.7. The van der Waals surface area contributed by atoms with Gasteiger partial charge in [0.1, 0.15) is 6.61 Å². The molecular weight excluding hydrogens is 328 g/mol. The number of allylic oxidation sites excluding steroid dienone is 1. The van der Waals surface area contributed by atoms with Crippen molar-refractivity contribution in [2.45, 2.75) is 51.0 Å². The Hall–Kier alpha value is -1.88. The van der Waals surface area contributed by atoms with E-state index in [1.807, 2.05) is 18.2 Å². The van der Waals surface area contributed by atoms with Crippen LogP contribution in [0.25, 0.3) is 0 Å². The predicted molar refractivity (Wildman–Crippen MR) is 98.9 cm³/mol. The molecule has 2 aliphatic heterocycles. The maximum absolute atomic E-state index is 12.7. The van der Waals surface area contributed by atoms with Crippen LogP contribution in [-0.4, -0.2) is 48.2 Å². The van der Waals surface area contributed by atoms with Gasteiger partial charge in [-0.2, -0.15) is 0 Å². The molecule has 1 aliphatic carbocycles. The molecule has 1 spiro atoms. The van der Waals surface area contributed by atoms with Gasteiger partial charge in [-0.1, -0.05) is 12.1 Å². The van der Waals surface area contributed by atoms with E-state index in [4.69, 9.17) is 9.47 Å². The van der Waals surface area contributed by atoms with Crippen molar-refractivity contribution in [2.75, 3.05) is 26.3 Å². The molecule has 1 aromatic rings. The Morgan fingerprint density at radius 1 is 1.31 bits per heavy atom. The number of carbonyl (C=O) groups excluding carboxylic acids is 1. The number of likely N-dealkylation sites (tertiary alicyclic amines) is 1. The van der Waals surface area contributed by atoms with Gasteiger partial charge in [-0.15, -0.1) is 0 Å². The second-order valence-corrected chi connectivity index (χ2v) is 7.88. The van der Waals surface area contributed by atoms with Gasteiger partial charge in [0.15, 0.2) is 0 Å². The fourth-order valence-electron chi connectivity index (χ4n) is 4.38. The third-order valence-corrected chi connectivity index (χ3v) is 6.02. The lowest BCUT2D eigenvalue weighted by Gasteiger charge is -2.39. The molecule has 3 aliphatic rings. The van der Waals surface area contributed by atoms with E-state index >= 15 is 0 Å². The maximum Gasteiger partial charge on any atom is 0.249 e. The molecule has 2 fully saturated rings. The summed E-state index contributed by atoms with van der Waals surface area (Å²) in [6.07, 6.45) is 11.5. The lowest BCUT2D eigenvalue weighted by atomic mass is 9.76. The van der Waals surface area contributed by atoms with Crippen molar-refractivity contribution in [3.63, 3.8) is 0 Å². The fourth-order valence-corrected chi connectivity index (χ4v) is 4.38. The van der Waals surface area contributed by atoms with Crippen molar-refractivity contribution < 1.29 is 14.3 Å². The van der Waals surface area contributed by atoms with Crippen LogP contribution in [0.1, 0.15) is 44.9 Å². The summed E-state index contributed by atoms with van der Waals surface area (Å²) in [5.74, 6) is 0.923. The van der Waals surface area contributed by atoms with E-state index in [1.165, 1.54) is 6.42 Å². The zero-order chi connectivity index (χ0) is 17.8. The SMILES string of the molecule is O=C(C1=CCCCC1)N1CCC2(CC1)CO[C@@H](COc1ccccn1)C2. The highest BCUT2D eigenvalue weighted by molar-refractivity contribution is 5.93. The van der Waals surface area contributed by atoms with Crippen molar-refractivity contribution in [1.29, 1.82) is 0 Å². The van der Waals surface area contributed by atoms with Crippen molar-refractivity contribution in [1.82, 2.24) is 9.88 Å². The summed E-state index contributed by atoms with van der Waals surface area (Å²) in [5, 5.41) is 0. The fraction of sp³-hybridized carbons (Fsp3) is 0.619. The smallest absolute Gasteiger partial charge is 0.249 e. The molecule has 1 atom stereocenters. The largest absolute Gasteiger partial charge is 0.475 e. The topological polar surface area (TPSA) is 51.7 Å². The van der Waals surface area contributed by atoms with Crippen LogP contribution in [0.4, 0.5) is 0 Å². The summed E-state index contributed by atoms with van der Waals surface area (Å²) < 4.78 is 11.8. The minimum absolute atomic E-state index is 0.125. The van der Waals surface area contributed by atoms with Gasteiger partial charge in [0.2, 0.25) is 11.8 Å². The highest BCUT2D eigenvalue weighted by Crippen LogP contribution is 2.42. The molecule has 0 bridgehead atoms. The van der Waals surface area contributed by atoms with Crippen LogP contribution in [0.3, 0.4) is 0 Å². The number of piperidine rings is 1. The first-order valence-electron chi connectivity index (χ1n) is 9.88. The summed E-state index contributed by atoms with van der Waals surface area (Å²) in [4.78, 5) is 18.9. The lowest BCUT2D eigenvalue weighted by molar-refractivity contribution is -0.129. The van der Waals surface area contributed by atoms with Gasteiger partial charge < -0.3 is 14.4 Å². The van der Waals surface area contributed by atoms with Gasteiger partial charge in [-0.05, 0) is 56.4 Å². The monoisotopic (exact) mass is 356 g/mol. The predicted octanol–water partition coefficient (Wildman–Crippen LogP) is 3.36. The molecule has 26 heavy (non-hydrogen) atoms. The average molecular weight is 356 g/mol. The molecule has 1 aromatic heterocycles. The number of hydrogen-bond acceptors (Lipinski definition) is 4. The molecular formula is C21H28N2O3. The molecule has 5 nitrogen and oxygen atoms in total. The van der Waals surface area contributed by atoms with Gasteiger partial charge in [0.25, 0.3) is 0 Å². The number of hydrogen-bond donors (Lipinski definition) is 0. The zero-order valence-corrected chi connectivity index (χ0v) is 15.4. The second-order valence-electron chi connectivity index (χ2n) is 7.88. The molecule has 0 unspecified atom stereocenters. The third kappa shape index (κ3) is 3.93. The Morgan fingerprint density at radius 2 is 2.19 bits per heavy atom. The number of amides is 1. The number of aromatic nitrogens is 1. The van der Waals surface area contributed by atoms with Crippen LogP contribution in [0.5, 0.6) is 5.88 Å². The highest BCUT2D eigenvalue weighted by Gasteiger charge is 2.43. The highest BCUT2D eigenvalue weighted by atomic mass is 16.5. The average Bonchev–Trinajstić information content (AvgIpc) is 3.10. The van der Waals surface area contributed by atoms with E-state index < -0.39 is 0 Å². The number of pyridine rings is 1. The molecule has 0 N–H and O–H groups in total. The minimum Gasteiger partial charge on any atom is -0.475 e. The molecule has 3 heterocycles. The summed E-state index contributed by atoms with van der Waals surface area (Å²) in [7, 11) is 0. The van der Waals surface area contributed by atoms with Crippen molar-refractivity contribution in [3.8, 4) is 5.88 Å². The lowest BCUT2D eigenvalue weighted by Crippen LogP contribution is -2.44. The summed E-state index contributed by atoms with van der Waals surface area (Å²) in [6.45, 7) is 3.04. The zero-order valence-electron chi connectivity index (χ0n) is 15.4. The Bertz CT molecular complexity index is 650.